The number of Topliss-reactive ketones (excluding diaryl/α,β-unsaturated/α-hetero) is 1. The van der Waals surface area contributed by atoms with E-state index in [1.54, 1.807) is 5.43 Å². The van der Waals surface area contributed by atoms with Crippen molar-refractivity contribution in [1.29, 1.82) is 0 Å². The largest absolute Gasteiger partial charge is 0.481 e. The van der Waals surface area contributed by atoms with Gasteiger partial charge in [-0.15, -0.1) is 0 Å². The fraction of sp³-hybridized carbons (Fsp3) is 0.893. The van der Waals surface area contributed by atoms with Crippen LogP contribution in [0.3, 0.4) is 0 Å². The van der Waals surface area contributed by atoms with Gasteiger partial charge in [0.2, 0.25) is 5.91 Å². The van der Waals surface area contributed by atoms with Gasteiger partial charge >= 0.3 is 7.12 Å². The first kappa shape index (κ1) is 33.3. The minimum atomic E-state index is -0.783. The molecule has 1 aliphatic heterocycles. The van der Waals surface area contributed by atoms with Crippen LogP contribution in [0.5, 0.6) is 0 Å². The van der Waals surface area contributed by atoms with Crippen LogP contribution in [0.2, 0.25) is 0 Å². The van der Waals surface area contributed by atoms with E-state index in [2.05, 4.69) is 44.9 Å². The molecule has 13 heteroatoms. The standard InChI is InChI=1S/C28H50BN5O7/c1-7-8-12-39-17-21(35)14-19(10-9-11-31-26(30)33-34(37)38)25(36)32-24(13-18(2)3)29-40-23-16-20-15-22(27(20,4)5)28(23,6)41-29/h18-20,22-24H,7-17H2,1-6H3,(H,32,36)(H3,30,31,33)/t19-,20+,22+,23-,24+,28+/m1/s1. The Kier molecular flexibility index (Phi) is 11.6. The molecule has 4 fully saturated rings. The number of ketones is 1. The van der Waals surface area contributed by atoms with Crippen LogP contribution in [0.1, 0.15) is 92.9 Å². The van der Waals surface area contributed by atoms with E-state index in [1.807, 2.05) is 6.92 Å². The molecule has 0 unspecified atom stereocenters. The second kappa shape index (κ2) is 14.3. The average Bonchev–Trinajstić information content (AvgIpc) is 3.24. The molecule has 0 aromatic carbocycles. The van der Waals surface area contributed by atoms with Crippen LogP contribution >= 0.6 is 0 Å². The van der Waals surface area contributed by atoms with Crippen molar-refractivity contribution in [2.24, 2.45) is 39.8 Å². The summed E-state index contributed by atoms with van der Waals surface area (Å²) in [5, 5.41) is 12.9. The van der Waals surface area contributed by atoms with Gasteiger partial charge in [0.25, 0.3) is 5.96 Å². The molecule has 3 saturated carbocycles. The van der Waals surface area contributed by atoms with E-state index in [4.69, 9.17) is 19.8 Å². The van der Waals surface area contributed by atoms with E-state index in [9.17, 15) is 19.7 Å². The predicted molar refractivity (Wildman–Crippen MR) is 156 cm³/mol. The van der Waals surface area contributed by atoms with E-state index >= 15 is 0 Å². The summed E-state index contributed by atoms with van der Waals surface area (Å²) in [4.78, 5) is 40.9. The molecule has 0 aromatic rings. The van der Waals surface area contributed by atoms with Crippen LogP contribution in [0.25, 0.3) is 0 Å². The van der Waals surface area contributed by atoms with Crippen LogP contribution in [-0.2, 0) is 23.6 Å². The van der Waals surface area contributed by atoms with Gasteiger partial charge in [0, 0.05) is 25.5 Å². The fourth-order valence-corrected chi connectivity index (χ4v) is 6.88. The number of nitro groups is 1. The number of hydrogen-bond donors (Lipinski definition) is 3. The monoisotopic (exact) mass is 579 g/mol. The van der Waals surface area contributed by atoms with E-state index < -0.39 is 18.1 Å². The molecule has 1 amide bonds. The highest BCUT2D eigenvalue weighted by molar-refractivity contribution is 6.47. The third-order valence-corrected chi connectivity index (χ3v) is 9.30. The highest BCUT2D eigenvalue weighted by Crippen LogP contribution is 2.65. The summed E-state index contributed by atoms with van der Waals surface area (Å²) in [6.07, 6.45) is 5.43. The maximum Gasteiger partial charge on any atom is 0.481 e. The van der Waals surface area contributed by atoms with E-state index in [0.717, 1.165) is 25.7 Å². The molecule has 1 saturated heterocycles. The Morgan fingerprint density at radius 2 is 1.98 bits per heavy atom. The van der Waals surface area contributed by atoms with Crippen molar-refractivity contribution in [1.82, 2.24) is 10.7 Å². The van der Waals surface area contributed by atoms with Gasteiger partial charge in [-0.05, 0) is 68.6 Å². The Morgan fingerprint density at radius 3 is 2.61 bits per heavy atom. The van der Waals surface area contributed by atoms with Crippen molar-refractivity contribution < 1.29 is 28.7 Å². The molecule has 232 valence electrons. The van der Waals surface area contributed by atoms with Crippen molar-refractivity contribution in [3.05, 3.63) is 10.1 Å². The second-order valence-electron chi connectivity index (χ2n) is 13.2. The molecule has 0 radical (unpaired) electrons. The number of amides is 1. The van der Waals surface area contributed by atoms with Crippen LogP contribution < -0.4 is 16.5 Å². The maximum absolute atomic E-state index is 13.7. The number of nitrogens with two attached hydrogens (primary N) is 1. The van der Waals surface area contributed by atoms with Gasteiger partial charge in [-0.25, -0.2) is 15.1 Å². The fourth-order valence-electron chi connectivity index (χ4n) is 6.88. The lowest BCUT2D eigenvalue weighted by Crippen LogP contribution is -2.65. The molecular formula is C28H50BN5O7. The van der Waals surface area contributed by atoms with Crippen LogP contribution in [0, 0.1) is 39.2 Å². The third-order valence-electron chi connectivity index (χ3n) is 9.30. The number of hydrazine groups is 1. The minimum absolute atomic E-state index is 0.00424. The molecule has 0 spiro atoms. The van der Waals surface area contributed by atoms with Crippen LogP contribution in [0.4, 0.5) is 0 Å². The Morgan fingerprint density at radius 1 is 1.24 bits per heavy atom. The average molecular weight is 580 g/mol. The summed E-state index contributed by atoms with van der Waals surface area (Å²) in [5.74, 6) is -0.345. The Hall–Kier alpha value is -2.25. The minimum Gasteiger partial charge on any atom is -0.404 e. The summed E-state index contributed by atoms with van der Waals surface area (Å²) in [7, 11) is -0.558. The highest BCUT2D eigenvalue weighted by atomic mass is 16.7. The van der Waals surface area contributed by atoms with Crippen LogP contribution in [0.15, 0.2) is 4.99 Å². The number of guanidine groups is 1. The lowest BCUT2D eigenvalue weighted by molar-refractivity contribution is -0.525. The second-order valence-corrected chi connectivity index (χ2v) is 13.2. The van der Waals surface area contributed by atoms with E-state index in [-0.39, 0.29) is 66.2 Å². The number of rotatable bonds is 17. The van der Waals surface area contributed by atoms with Crippen molar-refractivity contribution >= 4 is 24.8 Å². The van der Waals surface area contributed by atoms with Gasteiger partial charge in [0.05, 0.1) is 17.6 Å². The zero-order chi connectivity index (χ0) is 30.4. The first-order valence-corrected chi connectivity index (χ1v) is 15.2. The van der Waals surface area contributed by atoms with Crippen molar-refractivity contribution in [3.8, 4) is 0 Å². The number of nitrogens with zero attached hydrogens (tertiary/aromatic N) is 2. The molecule has 4 aliphatic rings. The zero-order valence-electron chi connectivity index (χ0n) is 25.6. The number of hydrogen-bond acceptors (Lipinski definition) is 8. The highest BCUT2D eigenvalue weighted by Gasteiger charge is 2.68. The molecule has 41 heavy (non-hydrogen) atoms. The molecule has 4 rings (SSSR count). The lowest BCUT2D eigenvalue weighted by Gasteiger charge is -2.64. The van der Waals surface area contributed by atoms with Gasteiger partial charge in [0.15, 0.2) is 10.8 Å². The van der Waals surface area contributed by atoms with Crippen LogP contribution in [-0.4, -0.2) is 67.2 Å². The zero-order valence-corrected chi connectivity index (χ0v) is 25.6. The third kappa shape index (κ3) is 8.41. The molecule has 1 heterocycles. The maximum atomic E-state index is 13.7. The molecule has 12 nitrogen and oxygen atoms in total. The van der Waals surface area contributed by atoms with Gasteiger partial charge in [-0.2, -0.15) is 0 Å². The van der Waals surface area contributed by atoms with Gasteiger partial charge in [-0.1, -0.05) is 46.5 Å². The normalized spacial score (nSPS) is 28.0. The van der Waals surface area contributed by atoms with E-state index in [0.29, 0.717) is 37.7 Å². The Balaban J connectivity index is 1.67. The number of unbranched alkanes of at least 4 members (excludes halogenated alkanes) is 1. The summed E-state index contributed by atoms with van der Waals surface area (Å²) in [6.45, 7) is 13.7. The smallest absolute Gasteiger partial charge is 0.404 e. The summed E-state index contributed by atoms with van der Waals surface area (Å²) in [5.41, 5.74) is 7.13. The first-order valence-electron chi connectivity index (χ1n) is 15.2. The van der Waals surface area contributed by atoms with Gasteiger partial charge in [-0.3, -0.25) is 9.59 Å². The molecule has 3 aliphatic carbocycles. The van der Waals surface area contributed by atoms with Crippen molar-refractivity contribution in [2.45, 2.75) is 111 Å². The van der Waals surface area contributed by atoms with Gasteiger partial charge in [0.1, 0.15) is 6.61 Å². The van der Waals surface area contributed by atoms with E-state index in [1.165, 1.54) is 0 Å². The molecule has 4 N–H and O–H groups in total. The lowest BCUT2D eigenvalue weighted by atomic mass is 9.43. The summed E-state index contributed by atoms with van der Waals surface area (Å²) >= 11 is 0. The summed E-state index contributed by atoms with van der Waals surface area (Å²) < 4.78 is 18.7. The number of aliphatic imine (C=N–C) groups is 1. The Bertz CT molecular complexity index is 964. The number of ether oxygens (including phenoxy) is 1. The SMILES string of the molecule is CCCCOCC(=O)C[C@@H](CCCN=C(N)N[N+](=O)[O-])C(=O)N[C@@H](CC(C)C)B1O[C@@H]2C[C@@H]3C[C@@H](C3(C)C)[C@]2(C)O1. The first-order chi connectivity index (χ1) is 19.3. The quantitative estimate of drug-likeness (QED) is 0.0586. The molecule has 6 atom stereocenters. The number of carbonyl (C=O) groups excluding carboxylic acids is 2. The van der Waals surface area contributed by atoms with Crippen molar-refractivity contribution in [2.75, 3.05) is 19.8 Å². The van der Waals surface area contributed by atoms with Gasteiger partial charge < -0.3 is 25.1 Å². The number of nitrogens with one attached hydrogen (secondary N) is 2. The molecular weight excluding hydrogens is 529 g/mol. The summed E-state index contributed by atoms with van der Waals surface area (Å²) in [6, 6.07) is 0. The topological polar surface area (TPSA) is 167 Å². The van der Waals surface area contributed by atoms with Crippen molar-refractivity contribution in [3.63, 3.8) is 0 Å². The Labute approximate surface area is 244 Å². The predicted octanol–water partition coefficient (Wildman–Crippen LogP) is 3.05. The molecule has 0 aromatic heterocycles. The number of carbonyl (C=O) groups is 2. The molecule has 2 bridgehead atoms.